The van der Waals surface area contributed by atoms with Crippen LogP contribution in [-0.4, -0.2) is 17.8 Å². The maximum atomic E-state index is 12.7. The third-order valence-electron chi connectivity index (χ3n) is 3.31. The molecule has 0 aliphatic carbocycles. The number of rotatable bonds is 3. The minimum absolute atomic E-state index is 0.157. The highest BCUT2D eigenvalue weighted by atomic mass is 35.5. The molecular formula is C14H12ClN3O3S2. The highest BCUT2D eigenvalue weighted by Gasteiger charge is 2.25. The first kappa shape index (κ1) is 16.0. The molecule has 0 unspecified atom stereocenters. The van der Waals surface area contributed by atoms with E-state index in [1.807, 2.05) is 0 Å². The minimum Gasteiger partial charge on any atom is -0.279 e. The number of benzene rings is 1. The maximum absolute atomic E-state index is 12.7. The summed E-state index contributed by atoms with van der Waals surface area (Å²) in [7, 11) is -4.08. The molecule has 3 aromatic rings. The van der Waals surface area contributed by atoms with Gasteiger partial charge in [-0.05, 0) is 31.5 Å². The number of halogens is 1. The molecule has 3 rings (SSSR count). The van der Waals surface area contributed by atoms with Crippen molar-refractivity contribution in [2.24, 2.45) is 0 Å². The number of aromatic nitrogens is 2. The van der Waals surface area contributed by atoms with Gasteiger partial charge in [-0.1, -0.05) is 17.7 Å². The second-order valence-corrected chi connectivity index (χ2v) is 7.88. The summed E-state index contributed by atoms with van der Waals surface area (Å²) in [4.78, 5) is 16.7. The summed E-state index contributed by atoms with van der Waals surface area (Å²) in [5.41, 5.74) is 0.553. The maximum Gasteiger partial charge on any atom is 0.279 e. The molecule has 0 spiro atoms. The summed E-state index contributed by atoms with van der Waals surface area (Å²) in [6, 6.07) is 4.85. The lowest BCUT2D eigenvalue weighted by Gasteiger charge is -2.12. The van der Waals surface area contributed by atoms with Gasteiger partial charge in [-0.15, -0.1) is 11.3 Å². The molecule has 0 aliphatic rings. The van der Waals surface area contributed by atoms with Gasteiger partial charge in [0.2, 0.25) is 0 Å². The Kier molecular flexibility index (Phi) is 3.91. The Morgan fingerprint density at radius 3 is 2.78 bits per heavy atom. The zero-order chi connectivity index (χ0) is 16.8. The molecule has 9 heteroatoms. The van der Waals surface area contributed by atoms with Crippen LogP contribution in [0.15, 0.2) is 39.5 Å². The van der Waals surface area contributed by atoms with Crippen LogP contribution in [0.3, 0.4) is 0 Å². The topological polar surface area (TPSA) is 80.5 Å². The predicted molar refractivity (Wildman–Crippen MR) is 91.1 cm³/mol. The van der Waals surface area contributed by atoms with Gasteiger partial charge in [-0.2, -0.15) is 0 Å². The zero-order valence-electron chi connectivity index (χ0n) is 12.2. The van der Waals surface area contributed by atoms with Crippen LogP contribution in [0.1, 0.15) is 11.3 Å². The van der Waals surface area contributed by atoms with Gasteiger partial charge in [0.05, 0.1) is 11.4 Å². The van der Waals surface area contributed by atoms with E-state index in [1.54, 1.807) is 24.4 Å². The van der Waals surface area contributed by atoms with Gasteiger partial charge in [-0.25, -0.2) is 13.4 Å². The Labute approximate surface area is 141 Å². The Hall–Kier alpha value is -1.90. The molecule has 0 radical (unpaired) electrons. The van der Waals surface area contributed by atoms with Crippen molar-refractivity contribution in [1.29, 1.82) is 0 Å². The van der Waals surface area contributed by atoms with Crippen molar-refractivity contribution in [3.05, 3.63) is 56.4 Å². The molecule has 0 aliphatic heterocycles. The van der Waals surface area contributed by atoms with E-state index in [2.05, 4.69) is 9.71 Å². The van der Waals surface area contributed by atoms with Gasteiger partial charge in [0.15, 0.2) is 9.86 Å². The van der Waals surface area contributed by atoms with E-state index >= 15 is 0 Å². The summed E-state index contributed by atoms with van der Waals surface area (Å²) in [5, 5.41) is 2.07. The largest absolute Gasteiger partial charge is 0.279 e. The fraction of sp³-hybridized carbons (Fsp3) is 0.143. The molecular weight excluding hydrogens is 358 g/mol. The first-order valence-corrected chi connectivity index (χ1v) is 9.29. The summed E-state index contributed by atoms with van der Waals surface area (Å²) in [5.74, 6) is 0. The van der Waals surface area contributed by atoms with Gasteiger partial charge < -0.3 is 0 Å². The van der Waals surface area contributed by atoms with E-state index in [0.717, 1.165) is 0 Å². The second-order valence-electron chi connectivity index (χ2n) is 4.95. The van der Waals surface area contributed by atoms with E-state index in [1.165, 1.54) is 34.9 Å². The van der Waals surface area contributed by atoms with Crippen LogP contribution >= 0.6 is 22.9 Å². The van der Waals surface area contributed by atoms with Crippen molar-refractivity contribution in [3.63, 3.8) is 0 Å². The van der Waals surface area contributed by atoms with Gasteiger partial charge in [0, 0.05) is 16.6 Å². The number of aryl methyl sites for hydroxylation is 2. The Bertz CT molecular complexity index is 1070. The van der Waals surface area contributed by atoms with Crippen molar-refractivity contribution in [2.45, 2.75) is 18.7 Å². The average Bonchev–Trinajstić information content (AvgIpc) is 2.90. The van der Waals surface area contributed by atoms with Crippen molar-refractivity contribution in [2.75, 3.05) is 4.72 Å². The SMILES string of the molecule is Cc1ccc(Cl)cc1NS(=O)(=O)c1c(C)nc2sccn2c1=O. The Balaban J connectivity index is 2.17. The number of anilines is 1. The molecule has 0 amide bonds. The first-order chi connectivity index (χ1) is 10.8. The predicted octanol–water partition coefficient (Wildman–Crippen LogP) is 2.83. The standard InChI is InChI=1S/C14H12ClN3O3S2/c1-8-3-4-10(15)7-11(8)17-23(20,21)12-9(2)16-14-18(13(12)19)5-6-22-14/h3-7,17H,1-2H3. The van der Waals surface area contributed by atoms with E-state index in [9.17, 15) is 13.2 Å². The van der Waals surface area contributed by atoms with Crippen molar-refractivity contribution < 1.29 is 8.42 Å². The molecule has 6 nitrogen and oxygen atoms in total. The summed E-state index contributed by atoms with van der Waals surface area (Å²) < 4.78 is 29.0. The third kappa shape index (κ3) is 2.85. The van der Waals surface area contributed by atoms with E-state index in [-0.39, 0.29) is 10.6 Å². The Morgan fingerprint density at radius 2 is 2.04 bits per heavy atom. The first-order valence-electron chi connectivity index (χ1n) is 6.55. The molecule has 1 aromatic carbocycles. The van der Waals surface area contributed by atoms with Gasteiger partial charge >= 0.3 is 0 Å². The lowest BCUT2D eigenvalue weighted by atomic mass is 10.2. The zero-order valence-corrected chi connectivity index (χ0v) is 14.6. The number of fused-ring (bicyclic) bond motifs is 1. The van der Waals surface area contributed by atoms with E-state index < -0.39 is 15.6 Å². The van der Waals surface area contributed by atoms with Crippen molar-refractivity contribution in [1.82, 2.24) is 9.38 Å². The van der Waals surface area contributed by atoms with Gasteiger partial charge in [0.25, 0.3) is 15.6 Å². The third-order valence-corrected chi connectivity index (χ3v) is 5.79. The van der Waals surface area contributed by atoms with Gasteiger partial charge in [-0.3, -0.25) is 13.9 Å². The number of nitrogens with one attached hydrogen (secondary N) is 1. The van der Waals surface area contributed by atoms with Gasteiger partial charge in [0.1, 0.15) is 0 Å². The normalized spacial score (nSPS) is 11.8. The number of hydrogen-bond acceptors (Lipinski definition) is 5. The monoisotopic (exact) mass is 369 g/mol. The molecule has 1 N–H and O–H groups in total. The molecule has 23 heavy (non-hydrogen) atoms. The summed E-state index contributed by atoms with van der Waals surface area (Å²) in [6.07, 6.45) is 1.50. The molecule has 2 aromatic heterocycles. The van der Waals surface area contributed by atoms with Crippen LogP contribution in [0.25, 0.3) is 4.96 Å². The molecule has 0 saturated carbocycles. The van der Waals surface area contributed by atoms with Crippen LogP contribution < -0.4 is 10.3 Å². The highest BCUT2D eigenvalue weighted by Crippen LogP contribution is 2.23. The molecule has 0 bridgehead atoms. The number of sulfonamides is 1. The highest BCUT2D eigenvalue weighted by molar-refractivity contribution is 7.92. The number of thiazole rings is 1. The smallest absolute Gasteiger partial charge is 0.279 e. The molecule has 120 valence electrons. The van der Waals surface area contributed by atoms with Crippen LogP contribution in [0.2, 0.25) is 5.02 Å². The minimum atomic E-state index is -4.08. The molecule has 2 heterocycles. The second kappa shape index (κ2) is 5.63. The Morgan fingerprint density at radius 1 is 1.30 bits per heavy atom. The molecule has 0 atom stereocenters. The number of nitrogens with zero attached hydrogens (tertiary/aromatic N) is 2. The number of hydrogen-bond donors (Lipinski definition) is 1. The van der Waals surface area contributed by atoms with Crippen LogP contribution in [-0.2, 0) is 10.0 Å². The quantitative estimate of drug-likeness (QED) is 0.769. The molecule has 0 fully saturated rings. The van der Waals surface area contributed by atoms with Crippen molar-refractivity contribution >= 4 is 43.6 Å². The van der Waals surface area contributed by atoms with Crippen LogP contribution in [0.4, 0.5) is 5.69 Å². The van der Waals surface area contributed by atoms with E-state index in [4.69, 9.17) is 11.6 Å². The fourth-order valence-electron chi connectivity index (χ4n) is 2.18. The fourth-order valence-corrected chi connectivity index (χ4v) is 4.47. The van der Waals surface area contributed by atoms with Crippen LogP contribution in [0, 0.1) is 13.8 Å². The summed E-state index contributed by atoms with van der Waals surface area (Å²) in [6.45, 7) is 3.24. The molecule has 0 saturated heterocycles. The van der Waals surface area contributed by atoms with Crippen molar-refractivity contribution in [3.8, 4) is 0 Å². The van der Waals surface area contributed by atoms with E-state index in [0.29, 0.717) is 21.2 Å². The lowest BCUT2D eigenvalue weighted by molar-refractivity contribution is 0.598. The summed E-state index contributed by atoms with van der Waals surface area (Å²) >= 11 is 7.17. The average molecular weight is 370 g/mol. The lowest BCUT2D eigenvalue weighted by Crippen LogP contribution is -2.27. The van der Waals surface area contributed by atoms with Crippen LogP contribution in [0.5, 0.6) is 0 Å².